The van der Waals surface area contributed by atoms with E-state index in [0.29, 0.717) is 17.5 Å². The molecule has 3 N–H and O–H groups in total. The lowest BCUT2D eigenvalue weighted by Crippen LogP contribution is -2.40. The molecule has 154 valence electrons. The molecule has 2 aliphatic heterocycles. The Morgan fingerprint density at radius 2 is 1.96 bits per heavy atom. The Hall–Kier alpha value is -1.60. The second-order valence-corrected chi connectivity index (χ2v) is 6.97. The van der Waals surface area contributed by atoms with Crippen molar-refractivity contribution >= 4 is 54.8 Å². The summed E-state index contributed by atoms with van der Waals surface area (Å²) in [5.74, 6) is 1.85. The minimum Gasteiger partial charge on any atom is -0.368 e. The number of rotatable bonds is 3. The number of anilines is 2. The zero-order valence-electron chi connectivity index (χ0n) is 15.6. The minimum atomic E-state index is 0. The maximum atomic E-state index is 11.6. The lowest BCUT2D eigenvalue weighted by molar-refractivity contribution is 0.101. The summed E-state index contributed by atoms with van der Waals surface area (Å²) in [6.45, 7) is 4.62. The van der Waals surface area contributed by atoms with E-state index in [0.717, 1.165) is 36.7 Å². The summed E-state index contributed by atoms with van der Waals surface area (Å²) in [6.07, 6.45) is 2.51. The highest BCUT2D eigenvalue weighted by Crippen LogP contribution is 2.30. The molecular weight excluding hydrogens is 421 g/mol. The number of hydrogen-bond acceptors (Lipinski definition) is 6. The number of aromatic nitrogens is 2. The van der Waals surface area contributed by atoms with Crippen LogP contribution in [0.2, 0.25) is 0 Å². The van der Waals surface area contributed by atoms with Gasteiger partial charge in [0.15, 0.2) is 5.78 Å². The molecule has 0 saturated carbocycles. The number of ketones is 1. The predicted molar refractivity (Wildman–Crippen MR) is 120 cm³/mol. The van der Waals surface area contributed by atoms with Crippen LogP contribution < -0.4 is 16.0 Å². The van der Waals surface area contributed by atoms with Gasteiger partial charge >= 0.3 is 0 Å². The van der Waals surface area contributed by atoms with Crippen LogP contribution in [-0.2, 0) is 0 Å². The largest absolute Gasteiger partial charge is 0.368 e. The van der Waals surface area contributed by atoms with Gasteiger partial charge in [-0.1, -0.05) is 18.2 Å². The number of nitrogens with two attached hydrogens (primary N) is 1. The molecule has 1 aromatic carbocycles. The Labute approximate surface area is 183 Å². The van der Waals surface area contributed by atoms with Crippen LogP contribution in [0.4, 0.5) is 11.8 Å². The van der Waals surface area contributed by atoms with Gasteiger partial charge in [0.2, 0.25) is 5.95 Å². The summed E-state index contributed by atoms with van der Waals surface area (Å²) in [7, 11) is 0. The normalized spacial score (nSPS) is 20.2. The zero-order valence-corrected chi connectivity index (χ0v) is 18.1. The number of Topliss-reactive ketones (excluding diaryl/α,β-unsaturated/α-hetero) is 1. The van der Waals surface area contributed by atoms with Crippen LogP contribution in [0.1, 0.15) is 30.1 Å². The fourth-order valence-electron chi connectivity index (χ4n) is 3.89. The van der Waals surface area contributed by atoms with Crippen LogP contribution in [0.5, 0.6) is 0 Å². The van der Waals surface area contributed by atoms with Crippen LogP contribution >= 0.6 is 37.2 Å². The summed E-state index contributed by atoms with van der Waals surface area (Å²) in [4.78, 5) is 22.8. The number of hydrogen-bond donors (Lipinski definition) is 2. The lowest BCUT2D eigenvalue weighted by atomic mass is 9.94. The maximum Gasteiger partial charge on any atom is 0.222 e. The van der Waals surface area contributed by atoms with Gasteiger partial charge in [0.1, 0.15) is 5.82 Å². The Balaban J connectivity index is 0.00000131. The number of nitrogens with one attached hydrogen (secondary N) is 1. The van der Waals surface area contributed by atoms with Gasteiger partial charge in [-0.3, -0.25) is 4.79 Å². The van der Waals surface area contributed by atoms with Crippen molar-refractivity contribution in [2.24, 2.45) is 5.92 Å². The Kier molecular flexibility index (Phi) is 8.95. The summed E-state index contributed by atoms with van der Waals surface area (Å²) >= 11 is 0. The van der Waals surface area contributed by atoms with Crippen molar-refractivity contribution < 1.29 is 4.79 Å². The van der Waals surface area contributed by atoms with Crippen molar-refractivity contribution in [3.8, 4) is 11.3 Å². The highest BCUT2D eigenvalue weighted by Gasteiger charge is 2.35. The van der Waals surface area contributed by atoms with E-state index < -0.39 is 0 Å². The van der Waals surface area contributed by atoms with Crippen molar-refractivity contribution in [2.45, 2.75) is 25.8 Å². The Morgan fingerprint density at radius 1 is 1.18 bits per heavy atom. The molecule has 2 fully saturated rings. The number of nitrogens with zero attached hydrogens (tertiary/aromatic N) is 3. The number of carbonyl (C=O) groups excluding carboxylic acids is 1. The number of halogens is 3. The van der Waals surface area contributed by atoms with E-state index in [2.05, 4.69) is 20.2 Å². The molecule has 0 unspecified atom stereocenters. The van der Waals surface area contributed by atoms with Crippen LogP contribution in [-0.4, -0.2) is 41.4 Å². The van der Waals surface area contributed by atoms with E-state index in [1.165, 1.54) is 12.8 Å². The standard InChI is InChI=1S/C19H23N5O.3ClH/c1-12(25)13-4-2-5-14(8-13)16-9-18(23-19(20)22-16)24-10-15-6-3-7-21-17(15)11-24;;;/h2,4-5,8-9,15,17,21H,3,6-7,10-11H2,1H3,(H2,20,22,23);3*1H/t15-,17+;;;/m1.../s1. The van der Waals surface area contributed by atoms with Crippen molar-refractivity contribution in [1.29, 1.82) is 0 Å². The topological polar surface area (TPSA) is 84.1 Å². The molecule has 0 radical (unpaired) electrons. The second-order valence-electron chi connectivity index (χ2n) is 6.97. The van der Waals surface area contributed by atoms with Crippen molar-refractivity contribution in [2.75, 3.05) is 30.3 Å². The molecular formula is C19H26Cl3N5O. The molecule has 2 aliphatic rings. The average Bonchev–Trinajstić information content (AvgIpc) is 3.05. The first kappa shape index (κ1) is 24.4. The average molecular weight is 447 g/mol. The predicted octanol–water partition coefficient (Wildman–Crippen LogP) is 3.38. The SMILES string of the molecule is CC(=O)c1cccc(-c2cc(N3C[C@H]4CCCN[C@H]4C3)nc(N)n2)c1.Cl.Cl.Cl. The molecule has 2 saturated heterocycles. The summed E-state index contributed by atoms with van der Waals surface area (Å²) in [5, 5.41) is 3.61. The molecule has 28 heavy (non-hydrogen) atoms. The molecule has 0 aliphatic carbocycles. The first-order chi connectivity index (χ1) is 12.1. The smallest absolute Gasteiger partial charge is 0.222 e. The zero-order chi connectivity index (χ0) is 17.4. The second kappa shape index (κ2) is 10.3. The van der Waals surface area contributed by atoms with Gasteiger partial charge < -0.3 is 16.0 Å². The third-order valence-electron chi connectivity index (χ3n) is 5.22. The summed E-state index contributed by atoms with van der Waals surface area (Å²) in [6, 6.07) is 10.0. The van der Waals surface area contributed by atoms with Gasteiger partial charge in [0, 0.05) is 36.3 Å². The fraction of sp³-hybridized carbons (Fsp3) is 0.421. The van der Waals surface area contributed by atoms with Gasteiger partial charge in [-0.05, 0) is 38.3 Å². The molecule has 0 bridgehead atoms. The fourth-order valence-corrected chi connectivity index (χ4v) is 3.89. The highest BCUT2D eigenvalue weighted by molar-refractivity contribution is 5.95. The molecule has 0 amide bonds. The highest BCUT2D eigenvalue weighted by atomic mass is 35.5. The number of piperidine rings is 1. The van der Waals surface area contributed by atoms with E-state index in [1.54, 1.807) is 6.92 Å². The number of benzene rings is 1. The van der Waals surface area contributed by atoms with Crippen molar-refractivity contribution in [3.05, 3.63) is 35.9 Å². The van der Waals surface area contributed by atoms with Crippen LogP contribution in [0.3, 0.4) is 0 Å². The number of fused-ring (bicyclic) bond motifs is 1. The first-order valence-corrected chi connectivity index (χ1v) is 8.84. The lowest BCUT2D eigenvalue weighted by Gasteiger charge is -2.24. The third-order valence-corrected chi connectivity index (χ3v) is 5.22. The molecule has 2 aromatic rings. The van der Waals surface area contributed by atoms with E-state index in [9.17, 15) is 4.79 Å². The minimum absolute atomic E-state index is 0. The van der Waals surface area contributed by atoms with E-state index in [1.807, 2.05) is 30.3 Å². The number of nitrogen functional groups attached to an aromatic ring is 1. The van der Waals surface area contributed by atoms with E-state index >= 15 is 0 Å². The van der Waals surface area contributed by atoms with Crippen LogP contribution in [0.15, 0.2) is 30.3 Å². The van der Waals surface area contributed by atoms with Crippen LogP contribution in [0, 0.1) is 5.92 Å². The molecule has 6 nitrogen and oxygen atoms in total. The molecule has 4 rings (SSSR count). The molecule has 2 atom stereocenters. The van der Waals surface area contributed by atoms with Gasteiger partial charge in [0.05, 0.1) is 5.69 Å². The van der Waals surface area contributed by atoms with Gasteiger partial charge in [-0.2, -0.15) is 4.98 Å². The Bertz CT molecular complexity index is 806. The molecule has 0 spiro atoms. The summed E-state index contributed by atoms with van der Waals surface area (Å²) < 4.78 is 0. The van der Waals surface area contributed by atoms with Gasteiger partial charge in [-0.15, -0.1) is 37.2 Å². The van der Waals surface area contributed by atoms with Crippen LogP contribution in [0.25, 0.3) is 11.3 Å². The Morgan fingerprint density at radius 3 is 2.68 bits per heavy atom. The molecule has 1 aromatic heterocycles. The van der Waals surface area contributed by atoms with Crippen molar-refractivity contribution in [3.63, 3.8) is 0 Å². The molecule has 9 heteroatoms. The van der Waals surface area contributed by atoms with E-state index in [-0.39, 0.29) is 49.0 Å². The molecule has 3 heterocycles. The summed E-state index contributed by atoms with van der Waals surface area (Å²) in [5.41, 5.74) is 8.30. The maximum absolute atomic E-state index is 11.6. The van der Waals surface area contributed by atoms with Crippen molar-refractivity contribution in [1.82, 2.24) is 15.3 Å². The first-order valence-electron chi connectivity index (χ1n) is 8.84. The quantitative estimate of drug-likeness (QED) is 0.703. The van der Waals surface area contributed by atoms with Gasteiger partial charge in [-0.25, -0.2) is 4.98 Å². The van der Waals surface area contributed by atoms with E-state index in [4.69, 9.17) is 5.73 Å². The number of carbonyl (C=O) groups is 1. The third kappa shape index (κ3) is 5.06. The monoisotopic (exact) mass is 445 g/mol. The van der Waals surface area contributed by atoms with Gasteiger partial charge in [0.25, 0.3) is 0 Å².